The Balaban J connectivity index is 2.09. The number of hydrogen-bond donors (Lipinski definition) is 1. The monoisotopic (exact) mass is 326 g/mol. The summed E-state index contributed by atoms with van der Waals surface area (Å²) in [5, 5.41) is 0.982. The number of halogens is 1. The maximum Gasteiger partial charge on any atom is 0.263 e. The van der Waals surface area contributed by atoms with Crippen LogP contribution in [0.3, 0.4) is 0 Å². The number of carbonyl (C=O) groups excluding carboxylic acids is 1. The van der Waals surface area contributed by atoms with Crippen LogP contribution in [0.2, 0.25) is 5.02 Å². The molecule has 1 amide bonds. The lowest BCUT2D eigenvalue weighted by molar-refractivity contribution is 0.0987. The van der Waals surface area contributed by atoms with Crippen LogP contribution in [-0.4, -0.2) is 17.4 Å². The first-order valence-electron chi connectivity index (χ1n) is 7.29. The molecule has 1 N–H and O–H groups in total. The number of para-hydroxylation sites is 1. The van der Waals surface area contributed by atoms with Gasteiger partial charge in [-0.3, -0.25) is 9.59 Å². The molecule has 0 spiro atoms. The van der Waals surface area contributed by atoms with E-state index in [9.17, 15) is 9.59 Å². The maximum absolute atomic E-state index is 12.8. The lowest BCUT2D eigenvalue weighted by Crippen LogP contribution is -2.34. The Labute approximate surface area is 138 Å². The summed E-state index contributed by atoms with van der Waals surface area (Å²) in [5.74, 6) is -0.322. The van der Waals surface area contributed by atoms with Gasteiger partial charge in [0.05, 0.1) is 5.52 Å². The van der Waals surface area contributed by atoms with E-state index in [4.69, 9.17) is 11.6 Å². The summed E-state index contributed by atoms with van der Waals surface area (Å²) in [7, 11) is 0. The van der Waals surface area contributed by atoms with Crippen LogP contribution in [0.4, 0.5) is 5.69 Å². The van der Waals surface area contributed by atoms with Crippen LogP contribution in [0.25, 0.3) is 10.9 Å². The number of H-pyrrole nitrogens is 1. The summed E-state index contributed by atoms with van der Waals surface area (Å²) in [6.07, 6.45) is 1.45. The largest absolute Gasteiger partial charge is 0.360 e. The molecule has 1 aromatic heterocycles. The molecule has 0 saturated heterocycles. The van der Waals surface area contributed by atoms with E-state index < -0.39 is 0 Å². The van der Waals surface area contributed by atoms with Crippen molar-refractivity contribution in [2.24, 2.45) is 0 Å². The number of rotatable bonds is 3. The van der Waals surface area contributed by atoms with Gasteiger partial charge in [0.15, 0.2) is 0 Å². The van der Waals surface area contributed by atoms with Crippen LogP contribution >= 0.6 is 11.6 Å². The molecule has 23 heavy (non-hydrogen) atoms. The molecule has 3 aromatic rings. The molecule has 0 aliphatic heterocycles. The molecule has 0 fully saturated rings. The van der Waals surface area contributed by atoms with Gasteiger partial charge in [-0.2, -0.15) is 0 Å². The van der Waals surface area contributed by atoms with Crippen molar-refractivity contribution in [3.8, 4) is 0 Å². The van der Waals surface area contributed by atoms with Crippen molar-refractivity contribution >= 4 is 34.1 Å². The van der Waals surface area contributed by atoms with Gasteiger partial charge in [-0.1, -0.05) is 29.8 Å². The zero-order valence-corrected chi connectivity index (χ0v) is 13.3. The van der Waals surface area contributed by atoms with Crippen LogP contribution in [0.5, 0.6) is 0 Å². The topological polar surface area (TPSA) is 53.2 Å². The van der Waals surface area contributed by atoms with E-state index in [2.05, 4.69) is 4.98 Å². The molecule has 5 heteroatoms. The molecule has 3 rings (SSSR count). The van der Waals surface area contributed by atoms with Crippen LogP contribution < -0.4 is 10.3 Å². The van der Waals surface area contributed by atoms with E-state index in [1.165, 1.54) is 6.20 Å². The van der Waals surface area contributed by atoms with Crippen molar-refractivity contribution in [2.75, 3.05) is 11.4 Å². The fourth-order valence-corrected chi connectivity index (χ4v) is 2.72. The molecular weight excluding hydrogens is 312 g/mol. The first-order chi connectivity index (χ1) is 11.1. The summed E-state index contributed by atoms with van der Waals surface area (Å²) in [4.78, 5) is 30.0. The Morgan fingerprint density at radius 3 is 2.61 bits per heavy atom. The second-order valence-corrected chi connectivity index (χ2v) is 5.54. The number of nitrogens with zero attached hydrogens (tertiary/aromatic N) is 1. The fraction of sp³-hybridized carbons (Fsp3) is 0.111. The lowest BCUT2D eigenvalue weighted by Gasteiger charge is -2.20. The van der Waals surface area contributed by atoms with Crippen LogP contribution in [-0.2, 0) is 0 Å². The van der Waals surface area contributed by atoms with E-state index in [0.717, 1.165) is 5.69 Å². The van der Waals surface area contributed by atoms with Crippen LogP contribution in [0.1, 0.15) is 17.3 Å². The Hall–Kier alpha value is -2.59. The molecule has 2 aromatic carbocycles. The molecule has 0 bridgehead atoms. The maximum atomic E-state index is 12.8. The predicted molar refractivity (Wildman–Crippen MR) is 93.4 cm³/mol. The average Bonchev–Trinajstić information content (AvgIpc) is 2.56. The Morgan fingerprint density at radius 2 is 1.91 bits per heavy atom. The molecule has 0 aliphatic carbocycles. The van der Waals surface area contributed by atoms with Crippen molar-refractivity contribution < 1.29 is 4.79 Å². The fourth-order valence-electron chi connectivity index (χ4n) is 2.55. The summed E-state index contributed by atoms with van der Waals surface area (Å²) in [5.41, 5.74) is 1.19. The number of carbonyl (C=O) groups is 1. The van der Waals surface area contributed by atoms with Crippen molar-refractivity contribution in [2.45, 2.75) is 6.92 Å². The molecule has 4 nitrogen and oxygen atoms in total. The highest BCUT2D eigenvalue weighted by Crippen LogP contribution is 2.18. The highest BCUT2D eigenvalue weighted by molar-refractivity contribution is 6.31. The van der Waals surface area contributed by atoms with Gasteiger partial charge in [0.1, 0.15) is 5.56 Å². The number of aromatic amines is 1. The molecule has 116 valence electrons. The van der Waals surface area contributed by atoms with Gasteiger partial charge >= 0.3 is 0 Å². The molecule has 0 unspecified atom stereocenters. The highest BCUT2D eigenvalue weighted by Gasteiger charge is 2.20. The number of anilines is 1. The Bertz CT molecular complexity index is 919. The standard InChI is InChI=1S/C18H15ClN2O2/c1-2-21(13-6-4-3-5-7-13)18(23)15-11-20-16-10-12(19)8-9-14(16)17(15)22/h3-11H,2H2,1H3,(H,20,22). The Morgan fingerprint density at radius 1 is 1.17 bits per heavy atom. The van der Waals surface area contributed by atoms with E-state index in [1.54, 1.807) is 23.1 Å². The number of benzene rings is 2. The van der Waals surface area contributed by atoms with Gasteiger partial charge in [0.2, 0.25) is 5.43 Å². The molecule has 0 radical (unpaired) electrons. The molecule has 0 aliphatic rings. The third kappa shape index (κ3) is 2.85. The van der Waals surface area contributed by atoms with E-state index in [-0.39, 0.29) is 16.9 Å². The summed E-state index contributed by atoms with van der Waals surface area (Å²) in [6, 6.07) is 14.2. The number of pyridine rings is 1. The average molecular weight is 327 g/mol. The normalized spacial score (nSPS) is 10.7. The second kappa shape index (κ2) is 6.26. The van der Waals surface area contributed by atoms with Gasteiger partial charge < -0.3 is 9.88 Å². The second-order valence-electron chi connectivity index (χ2n) is 5.11. The van der Waals surface area contributed by atoms with Crippen molar-refractivity contribution in [1.29, 1.82) is 0 Å². The number of nitrogens with one attached hydrogen (secondary N) is 1. The quantitative estimate of drug-likeness (QED) is 0.795. The van der Waals surface area contributed by atoms with Gasteiger partial charge in [-0.25, -0.2) is 0 Å². The minimum absolute atomic E-state index is 0.116. The third-order valence-electron chi connectivity index (χ3n) is 3.70. The number of aromatic nitrogens is 1. The zero-order valence-electron chi connectivity index (χ0n) is 12.5. The van der Waals surface area contributed by atoms with Gasteiger partial charge in [-0.15, -0.1) is 0 Å². The number of fused-ring (bicyclic) bond motifs is 1. The van der Waals surface area contributed by atoms with E-state index in [1.807, 2.05) is 37.3 Å². The minimum Gasteiger partial charge on any atom is -0.360 e. The lowest BCUT2D eigenvalue weighted by atomic mass is 10.1. The van der Waals surface area contributed by atoms with Gasteiger partial charge in [-0.05, 0) is 37.3 Å². The first kappa shape index (κ1) is 15.3. The number of hydrogen-bond acceptors (Lipinski definition) is 2. The van der Waals surface area contributed by atoms with Crippen molar-refractivity contribution in [3.63, 3.8) is 0 Å². The van der Waals surface area contributed by atoms with Crippen molar-refractivity contribution in [3.05, 3.63) is 75.5 Å². The smallest absolute Gasteiger partial charge is 0.263 e. The Kier molecular flexibility index (Phi) is 4.17. The van der Waals surface area contributed by atoms with Crippen molar-refractivity contribution in [1.82, 2.24) is 4.98 Å². The molecular formula is C18H15ClN2O2. The first-order valence-corrected chi connectivity index (χ1v) is 7.67. The minimum atomic E-state index is -0.322. The van der Waals surface area contributed by atoms with Crippen LogP contribution in [0.15, 0.2) is 59.5 Å². The molecule has 0 atom stereocenters. The van der Waals surface area contributed by atoms with Gasteiger partial charge in [0, 0.05) is 28.8 Å². The van der Waals surface area contributed by atoms with E-state index >= 15 is 0 Å². The zero-order chi connectivity index (χ0) is 16.4. The predicted octanol–water partition coefficient (Wildman–Crippen LogP) is 3.85. The SMILES string of the molecule is CCN(C(=O)c1c[nH]c2cc(Cl)ccc2c1=O)c1ccccc1. The third-order valence-corrected chi connectivity index (χ3v) is 3.94. The van der Waals surface area contributed by atoms with E-state index in [0.29, 0.717) is 22.5 Å². The summed E-state index contributed by atoms with van der Waals surface area (Å²) >= 11 is 5.93. The summed E-state index contributed by atoms with van der Waals surface area (Å²) < 4.78 is 0. The molecule has 1 heterocycles. The molecule has 0 saturated carbocycles. The highest BCUT2D eigenvalue weighted by atomic mass is 35.5. The van der Waals surface area contributed by atoms with Gasteiger partial charge in [0.25, 0.3) is 5.91 Å². The van der Waals surface area contributed by atoms with Crippen LogP contribution in [0, 0.1) is 0 Å². The number of amides is 1. The summed E-state index contributed by atoms with van der Waals surface area (Å²) in [6.45, 7) is 2.35.